The van der Waals surface area contributed by atoms with Crippen LogP contribution in [0.1, 0.15) is 11.1 Å². The van der Waals surface area contributed by atoms with Crippen LogP contribution < -0.4 is 0 Å². The Morgan fingerprint density at radius 1 is 0.679 bits per heavy atom. The van der Waals surface area contributed by atoms with Gasteiger partial charge < -0.3 is 0 Å². The van der Waals surface area contributed by atoms with E-state index in [9.17, 15) is 0 Å². The summed E-state index contributed by atoms with van der Waals surface area (Å²) in [5, 5.41) is 3.53. The van der Waals surface area contributed by atoms with E-state index in [2.05, 4.69) is 51.8 Å². The smallest absolute Gasteiger partial charge is 0.166 e. The van der Waals surface area contributed by atoms with Gasteiger partial charge >= 0.3 is 0 Å². The molecular formula is C24H14N4. The van der Waals surface area contributed by atoms with E-state index in [0.717, 1.165) is 39.7 Å². The fourth-order valence-corrected chi connectivity index (χ4v) is 4.75. The van der Waals surface area contributed by atoms with Crippen LogP contribution in [0.25, 0.3) is 49.7 Å². The number of hydrogen-bond acceptors (Lipinski definition) is 3. The molecule has 28 heavy (non-hydrogen) atoms. The molecule has 0 saturated carbocycles. The summed E-state index contributed by atoms with van der Waals surface area (Å²) in [6, 6.07) is 21.3. The molecule has 4 aromatic heterocycles. The van der Waals surface area contributed by atoms with Crippen molar-refractivity contribution in [2.24, 2.45) is 0 Å². The summed E-state index contributed by atoms with van der Waals surface area (Å²) in [5.41, 5.74) is 8.98. The molecule has 2 aromatic carbocycles. The molecule has 0 spiro atoms. The van der Waals surface area contributed by atoms with Crippen LogP contribution in [0.5, 0.6) is 0 Å². The maximum absolute atomic E-state index is 4.94. The molecule has 1 aliphatic carbocycles. The standard InChI is InChI=1S/C24H14N4/c1-2-6-16-14(5-1)13-15-9-10-18-21(20(15)16)17-7-3-11-25-22(17)28-23(18)27-19-8-4-12-26-24(19)28/h1-12H,13H2. The maximum Gasteiger partial charge on any atom is 0.166 e. The Morgan fingerprint density at radius 3 is 2.46 bits per heavy atom. The van der Waals surface area contributed by atoms with E-state index in [-0.39, 0.29) is 0 Å². The molecule has 0 bridgehead atoms. The third-order valence-corrected chi connectivity index (χ3v) is 5.88. The quantitative estimate of drug-likeness (QED) is 0.352. The number of benzene rings is 2. The van der Waals surface area contributed by atoms with E-state index < -0.39 is 0 Å². The van der Waals surface area contributed by atoms with Crippen LogP contribution in [-0.4, -0.2) is 19.4 Å². The molecule has 130 valence electrons. The molecule has 0 atom stereocenters. The van der Waals surface area contributed by atoms with E-state index in [1.165, 1.54) is 27.6 Å². The van der Waals surface area contributed by atoms with Gasteiger partial charge in [-0.3, -0.25) is 4.40 Å². The van der Waals surface area contributed by atoms with E-state index in [4.69, 9.17) is 9.97 Å². The second-order valence-corrected chi connectivity index (χ2v) is 7.35. The molecule has 1 aliphatic rings. The lowest BCUT2D eigenvalue weighted by molar-refractivity contribution is 1.20. The van der Waals surface area contributed by atoms with Crippen molar-refractivity contribution < 1.29 is 0 Å². The van der Waals surface area contributed by atoms with Crippen LogP contribution >= 0.6 is 0 Å². The Balaban J connectivity index is 1.82. The van der Waals surface area contributed by atoms with Gasteiger partial charge in [0.25, 0.3) is 0 Å². The van der Waals surface area contributed by atoms with Crippen molar-refractivity contribution in [1.29, 1.82) is 0 Å². The largest absolute Gasteiger partial charge is 0.260 e. The lowest BCUT2D eigenvalue weighted by Gasteiger charge is -2.12. The van der Waals surface area contributed by atoms with Gasteiger partial charge in [0.05, 0.1) is 0 Å². The zero-order valence-corrected chi connectivity index (χ0v) is 14.9. The van der Waals surface area contributed by atoms with Gasteiger partial charge in [-0.2, -0.15) is 0 Å². The normalized spacial score (nSPS) is 12.9. The van der Waals surface area contributed by atoms with Crippen LogP contribution in [0.2, 0.25) is 0 Å². The van der Waals surface area contributed by atoms with Crippen LogP contribution in [0.15, 0.2) is 73.1 Å². The highest BCUT2D eigenvalue weighted by Crippen LogP contribution is 2.44. The van der Waals surface area contributed by atoms with Crippen molar-refractivity contribution in [1.82, 2.24) is 19.4 Å². The molecular weight excluding hydrogens is 344 g/mol. The topological polar surface area (TPSA) is 43.1 Å². The number of hydrogen-bond donors (Lipinski definition) is 0. The Hall–Kier alpha value is -3.79. The van der Waals surface area contributed by atoms with Gasteiger partial charge in [-0.1, -0.05) is 36.4 Å². The first-order chi connectivity index (χ1) is 13.9. The van der Waals surface area contributed by atoms with E-state index in [0.29, 0.717) is 0 Å². The minimum Gasteiger partial charge on any atom is -0.260 e. The number of pyridine rings is 3. The van der Waals surface area contributed by atoms with Crippen LogP contribution in [-0.2, 0) is 6.42 Å². The second-order valence-electron chi connectivity index (χ2n) is 7.35. The Morgan fingerprint density at radius 2 is 1.50 bits per heavy atom. The Labute approximate surface area is 160 Å². The lowest BCUT2D eigenvalue weighted by Crippen LogP contribution is -1.96. The number of rotatable bonds is 0. The number of imidazole rings is 1. The van der Waals surface area contributed by atoms with Gasteiger partial charge in [0, 0.05) is 28.6 Å². The van der Waals surface area contributed by atoms with Gasteiger partial charge in [0.2, 0.25) is 0 Å². The average Bonchev–Trinajstić information content (AvgIpc) is 3.32. The van der Waals surface area contributed by atoms with Crippen molar-refractivity contribution in [3.05, 3.63) is 84.2 Å². The van der Waals surface area contributed by atoms with Crippen LogP contribution in [0, 0.1) is 0 Å². The molecule has 7 rings (SSSR count). The number of nitrogens with zero attached hydrogens (tertiary/aromatic N) is 4. The lowest BCUT2D eigenvalue weighted by atomic mass is 9.96. The van der Waals surface area contributed by atoms with Gasteiger partial charge in [0.15, 0.2) is 5.65 Å². The first-order valence-electron chi connectivity index (χ1n) is 9.44. The summed E-state index contributed by atoms with van der Waals surface area (Å²) in [6.07, 6.45) is 4.64. The highest BCUT2D eigenvalue weighted by molar-refractivity contribution is 6.19. The first kappa shape index (κ1) is 14.3. The summed E-state index contributed by atoms with van der Waals surface area (Å²) < 4.78 is 2.10. The fourth-order valence-electron chi connectivity index (χ4n) is 4.75. The summed E-state index contributed by atoms with van der Waals surface area (Å²) >= 11 is 0. The van der Waals surface area contributed by atoms with Gasteiger partial charge in [-0.25, -0.2) is 15.0 Å². The van der Waals surface area contributed by atoms with Crippen molar-refractivity contribution in [2.45, 2.75) is 6.42 Å². The highest BCUT2D eigenvalue weighted by atomic mass is 15.1. The van der Waals surface area contributed by atoms with Crippen molar-refractivity contribution >= 4 is 38.6 Å². The average molecular weight is 358 g/mol. The van der Waals surface area contributed by atoms with E-state index in [1.807, 2.05) is 30.6 Å². The van der Waals surface area contributed by atoms with Crippen molar-refractivity contribution in [3.8, 4) is 11.1 Å². The summed E-state index contributed by atoms with van der Waals surface area (Å²) in [6.45, 7) is 0. The van der Waals surface area contributed by atoms with Crippen LogP contribution in [0.3, 0.4) is 0 Å². The second kappa shape index (κ2) is 4.93. The monoisotopic (exact) mass is 358 g/mol. The molecule has 0 amide bonds. The van der Waals surface area contributed by atoms with Crippen LogP contribution in [0.4, 0.5) is 0 Å². The maximum atomic E-state index is 4.94. The molecule has 4 nitrogen and oxygen atoms in total. The molecule has 4 heterocycles. The van der Waals surface area contributed by atoms with E-state index >= 15 is 0 Å². The van der Waals surface area contributed by atoms with Crippen molar-refractivity contribution in [3.63, 3.8) is 0 Å². The first-order valence-corrected chi connectivity index (χ1v) is 9.44. The fraction of sp³-hybridized carbons (Fsp3) is 0.0417. The van der Waals surface area contributed by atoms with Gasteiger partial charge in [0.1, 0.15) is 16.8 Å². The predicted octanol–water partition coefficient (Wildman–Crippen LogP) is 5.16. The molecule has 0 radical (unpaired) electrons. The molecule has 0 saturated heterocycles. The Kier molecular flexibility index (Phi) is 2.51. The molecule has 0 aliphatic heterocycles. The highest BCUT2D eigenvalue weighted by Gasteiger charge is 2.24. The third-order valence-electron chi connectivity index (χ3n) is 5.88. The molecule has 4 heteroatoms. The van der Waals surface area contributed by atoms with E-state index in [1.54, 1.807) is 0 Å². The third kappa shape index (κ3) is 1.63. The SMILES string of the molecule is c1ccc2c(c1)Cc1ccc3c(c1-2)c1cccnc1n1c2ncccc2nc31. The minimum atomic E-state index is 0.851. The number of aromatic nitrogens is 4. The summed E-state index contributed by atoms with van der Waals surface area (Å²) in [7, 11) is 0. The summed E-state index contributed by atoms with van der Waals surface area (Å²) in [5.74, 6) is 0. The molecule has 0 N–H and O–H groups in total. The van der Waals surface area contributed by atoms with Crippen molar-refractivity contribution in [2.75, 3.05) is 0 Å². The van der Waals surface area contributed by atoms with Gasteiger partial charge in [-0.15, -0.1) is 0 Å². The molecule has 6 aromatic rings. The minimum absolute atomic E-state index is 0.851. The zero-order chi connectivity index (χ0) is 18.2. The Bertz CT molecular complexity index is 1590. The number of fused-ring (bicyclic) bond motifs is 12. The molecule has 0 fully saturated rings. The summed E-state index contributed by atoms with van der Waals surface area (Å²) in [4.78, 5) is 14.3. The molecule has 0 unspecified atom stereocenters. The zero-order valence-electron chi connectivity index (χ0n) is 14.9. The van der Waals surface area contributed by atoms with Gasteiger partial charge in [-0.05, 0) is 52.9 Å². The predicted molar refractivity (Wildman–Crippen MR) is 112 cm³/mol.